The molecule has 0 aliphatic heterocycles. The van der Waals surface area contributed by atoms with Crippen LogP contribution in [0.4, 0.5) is 11.5 Å². The van der Waals surface area contributed by atoms with E-state index >= 15 is 0 Å². The van der Waals surface area contributed by atoms with Crippen molar-refractivity contribution in [2.24, 2.45) is 0 Å². The molecule has 0 unspecified atom stereocenters. The van der Waals surface area contributed by atoms with Crippen molar-refractivity contribution in [1.29, 1.82) is 0 Å². The number of nitrogens with zero attached hydrogens (tertiary/aromatic N) is 4. The van der Waals surface area contributed by atoms with Crippen LogP contribution in [0.2, 0.25) is 0 Å². The summed E-state index contributed by atoms with van der Waals surface area (Å²) in [6, 6.07) is 9.33. The number of amides is 1. The highest BCUT2D eigenvalue weighted by atomic mass is 16.5. The van der Waals surface area contributed by atoms with Gasteiger partial charge in [0.25, 0.3) is 5.56 Å². The lowest BCUT2D eigenvalue weighted by molar-refractivity contribution is -0.118. The van der Waals surface area contributed by atoms with Gasteiger partial charge in [-0.3, -0.25) is 29.4 Å². The van der Waals surface area contributed by atoms with Crippen molar-refractivity contribution < 1.29 is 9.32 Å². The van der Waals surface area contributed by atoms with Crippen LogP contribution in [-0.2, 0) is 23.4 Å². The Morgan fingerprint density at radius 1 is 1.25 bits per heavy atom. The molecule has 0 radical (unpaired) electrons. The first kappa shape index (κ1) is 25.4. The Balaban J connectivity index is 1.68. The van der Waals surface area contributed by atoms with Gasteiger partial charge in [0.1, 0.15) is 5.82 Å². The molecule has 1 amide bonds. The van der Waals surface area contributed by atoms with Crippen molar-refractivity contribution in [2.45, 2.75) is 71.0 Å². The number of aryl methyl sites for hydroxylation is 1. The number of rotatable bonds is 10. The van der Waals surface area contributed by atoms with Gasteiger partial charge >= 0.3 is 5.69 Å². The summed E-state index contributed by atoms with van der Waals surface area (Å²) in [6.07, 6.45) is 5.02. The summed E-state index contributed by atoms with van der Waals surface area (Å²) in [7, 11) is 0. The molecule has 0 spiro atoms. The van der Waals surface area contributed by atoms with E-state index in [4.69, 9.17) is 10.3 Å². The van der Waals surface area contributed by atoms with Gasteiger partial charge in [0.05, 0.1) is 18.6 Å². The molecule has 1 aliphatic rings. The summed E-state index contributed by atoms with van der Waals surface area (Å²) in [5.74, 6) is 0.614. The number of carbonyl (C=O) groups is 1. The van der Waals surface area contributed by atoms with E-state index in [1.165, 1.54) is 9.47 Å². The molecule has 4 N–H and O–H groups in total. The van der Waals surface area contributed by atoms with Crippen molar-refractivity contribution in [3.05, 3.63) is 68.4 Å². The number of unbranched alkanes of at least 4 members (excludes halogenated alkanes) is 1. The number of nitrogens with one attached hydrogen (secondary N) is 2. The summed E-state index contributed by atoms with van der Waals surface area (Å²) >= 11 is 0. The smallest absolute Gasteiger partial charge is 0.330 e. The Bertz CT molecular complexity index is 1310. The number of hydrogen-bond acceptors (Lipinski definition) is 8. The average molecular weight is 496 g/mol. The number of benzene rings is 1. The number of anilines is 2. The van der Waals surface area contributed by atoms with Crippen molar-refractivity contribution in [3.8, 4) is 0 Å². The minimum atomic E-state index is -0.695. The second-order valence-corrected chi connectivity index (χ2v) is 9.24. The fraction of sp³-hybridized carbons (Fsp3) is 0.480. The second kappa shape index (κ2) is 10.9. The van der Waals surface area contributed by atoms with Crippen LogP contribution in [0.15, 0.2) is 44.4 Å². The van der Waals surface area contributed by atoms with Gasteiger partial charge in [0.15, 0.2) is 11.5 Å². The van der Waals surface area contributed by atoms with Gasteiger partial charge in [-0.25, -0.2) is 4.79 Å². The van der Waals surface area contributed by atoms with Crippen LogP contribution >= 0.6 is 0 Å². The highest BCUT2D eigenvalue weighted by Gasteiger charge is 2.40. The first-order chi connectivity index (χ1) is 17.3. The van der Waals surface area contributed by atoms with Crippen LogP contribution < -0.4 is 27.2 Å². The predicted molar refractivity (Wildman–Crippen MR) is 135 cm³/mol. The van der Waals surface area contributed by atoms with Gasteiger partial charge < -0.3 is 10.3 Å². The third-order valence-electron chi connectivity index (χ3n) is 6.69. The quantitative estimate of drug-likeness (QED) is 0.387. The van der Waals surface area contributed by atoms with Crippen molar-refractivity contribution >= 4 is 17.4 Å². The topological polar surface area (TPSA) is 152 Å². The standard InChI is InChI=1S/C25H33N7O4/c1-3-4-14-31-21(26)20(22(34)29-24(31)35)32(16-18-10-6-5-7-11-18)19(33)15-27-25(12-8-9-13-25)23-28-17(2)36-30-23/h5-7,10-11,27H,3-4,8-9,12-16,26H2,1-2H3,(H,29,34,35). The highest BCUT2D eigenvalue weighted by Crippen LogP contribution is 2.37. The summed E-state index contributed by atoms with van der Waals surface area (Å²) in [5.41, 5.74) is 5.28. The Hall–Kier alpha value is -3.73. The molecule has 36 heavy (non-hydrogen) atoms. The van der Waals surface area contributed by atoms with Gasteiger partial charge in [-0.15, -0.1) is 0 Å². The number of H-pyrrole nitrogens is 1. The van der Waals surface area contributed by atoms with Crippen LogP contribution in [0, 0.1) is 6.92 Å². The first-order valence-corrected chi connectivity index (χ1v) is 12.4. The monoisotopic (exact) mass is 495 g/mol. The van der Waals surface area contributed by atoms with Crippen molar-refractivity contribution in [3.63, 3.8) is 0 Å². The lowest BCUT2D eigenvalue weighted by Crippen LogP contribution is -2.49. The van der Waals surface area contributed by atoms with Gasteiger partial charge in [0, 0.05) is 13.5 Å². The maximum Gasteiger partial charge on any atom is 0.330 e. The van der Waals surface area contributed by atoms with Crippen LogP contribution in [0.1, 0.15) is 62.7 Å². The normalized spacial score (nSPS) is 14.7. The minimum Gasteiger partial charge on any atom is -0.383 e. The maximum atomic E-state index is 13.7. The van der Waals surface area contributed by atoms with Gasteiger partial charge in [-0.1, -0.05) is 61.7 Å². The number of aromatic amines is 1. The molecule has 0 saturated heterocycles. The van der Waals surface area contributed by atoms with Crippen molar-refractivity contribution in [2.75, 3.05) is 17.2 Å². The molecule has 11 nitrogen and oxygen atoms in total. The third-order valence-corrected chi connectivity index (χ3v) is 6.69. The molecule has 0 atom stereocenters. The number of nitrogen functional groups attached to an aromatic ring is 1. The maximum absolute atomic E-state index is 13.7. The fourth-order valence-electron chi connectivity index (χ4n) is 4.73. The predicted octanol–water partition coefficient (Wildman–Crippen LogP) is 2.20. The lowest BCUT2D eigenvalue weighted by atomic mass is 9.96. The summed E-state index contributed by atoms with van der Waals surface area (Å²) in [4.78, 5) is 47.2. The molecule has 1 fully saturated rings. The van der Waals surface area contributed by atoms with Gasteiger partial charge in [-0.2, -0.15) is 4.98 Å². The summed E-state index contributed by atoms with van der Waals surface area (Å²) in [6.45, 7) is 4.11. The Labute approximate surface area is 208 Å². The van der Waals surface area contributed by atoms with E-state index in [0.717, 1.165) is 37.7 Å². The average Bonchev–Trinajstić information content (AvgIpc) is 3.52. The van der Waals surface area contributed by atoms with E-state index in [1.54, 1.807) is 6.92 Å². The highest BCUT2D eigenvalue weighted by molar-refractivity contribution is 5.96. The summed E-state index contributed by atoms with van der Waals surface area (Å²) < 4.78 is 6.52. The SMILES string of the molecule is CCCCn1c(N)c(N(Cc2ccccc2)C(=O)CNC2(c3noc(C)n3)CCCC2)c(=O)[nH]c1=O. The molecular weight excluding hydrogens is 462 g/mol. The van der Waals surface area contributed by atoms with Crippen LogP contribution in [0.3, 0.4) is 0 Å². The molecule has 3 aromatic rings. The number of hydrogen-bond donors (Lipinski definition) is 3. The van der Waals surface area contributed by atoms with Crippen LogP contribution in [0.25, 0.3) is 0 Å². The molecule has 192 valence electrons. The van der Waals surface area contributed by atoms with E-state index in [1.807, 2.05) is 37.3 Å². The van der Waals surface area contributed by atoms with E-state index in [2.05, 4.69) is 20.4 Å². The molecule has 4 rings (SSSR count). The zero-order valence-corrected chi connectivity index (χ0v) is 20.7. The van der Waals surface area contributed by atoms with E-state index in [-0.39, 0.29) is 30.5 Å². The molecule has 2 aromatic heterocycles. The molecule has 1 aromatic carbocycles. The zero-order chi connectivity index (χ0) is 25.7. The summed E-state index contributed by atoms with van der Waals surface area (Å²) in [5, 5.41) is 7.47. The molecule has 2 heterocycles. The lowest BCUT2D eigenvalue weighted by Gasteiger charge is -2.29. The Kier molecular flexibility index (Phi) is 7.68. The van der Waals surface area contributed by atoms with Gasteiger partial charge in [0.2, 0.25) is 11.8 Å². The van der Waals surface area contributed by atoms with E-state index in [9.17, 15) is 14.4 Å². The minimum absolute atomic E-state index is 0.0224. The molecule has 11 heteroatoms. The third kappa shape index (κ3) is 5.25. The molecule has 1 aliphatic carbocycles. The van der Waals surface area contributed by atoms with Crippen molar-refractivity contribution in [1.82, 2.24) is 25.0 Å². The molecule has 1 saturated carbocycles. The number of aromatic nitrogens is 4. The van der Waals surface area contributed by atoms with Crippen LogP contribution in [0.5, 0.6) is 0 Å². The molecule has 0 bridgehead atoms. The first-order valence-electron chi connectivity index (χ1n) is 12.4. The van der Waals surface area contributed by atoms with Gasteiger partial charge in [-0.05, 0) is 24.8 Å². The largest absolute Gasteiger partial charge is 0.383 e. The Morgan fingerprint density at radius 3 is 2.61 bits per heavy atom. The van der Waals surface area contributed by atoms with Crippen LogP contribution in [-0.4, -0.2) is 32.1 Å². The number of carbonyl (C=O) groups excluding carboxylic acids is 1. The zero-order valence-electron chi connectivity index (χ0n) is 20.7. The van der Waals surface area contributed by atoms with E-state index < -0.39 is 16.8 Å². The molecular formula is C25H33N7O4. The Morgan fingerprint density at radius 2 is 1.97 bits per heavy atom. The van der Waals surface area contributed by atoms with E-state index in [0.29, 0.717) is 24.7 Å². The second-order valence-electron chi connectivity index (χ2n) is 9.24. The number of nitrogens with two attached hydrogens (primary N) is 1. The fourth-order valence-corrected chi connectivity index (χ4v) is 4.73.